The first kappa shape index (κ1) is 11.3. The number of rotatable bonds is 3. The molecule has 1 aromatic carbocycles. The van der Waals surface area contributed by atoms with Crippen molar-refractivity contribution in [1.82, 2.24) is 10.2 Å². The Morgan fingerprint density at radius 1 is 1.25 bits per heavy atom. The summed E-state index contributed by atoms with van der Waals surface area (Å²) >= 11 is 4.55. The van der Waals surface area contributed by atoms with Crippen molar-refractivity contribution in [2.45, 2.75) is 6.92 Å². The van der Waals surface area contributed by atoms with Crippen LogP contribution in [0.25, 0.3) is 0 Å². The number of aryl methyl sites for hydroxylation is 1. The molecule has 1 heterocycles. The molecule has 0 radical (unpaired) electrons. The summed E-state index contributed by atoms with van der Waals surface area (Å²) in [5.74, 6) is 1.32. The molecule has 0 bridgehead atoms. The third kappa shape index (κ3) is 2.51. The van der Waals surface area contributed by atoms with Gasteiger partial charge in [0.15, 0.2) is 15.4 Å². The minimum Gasteiger partial charge on any atom is -0.493 e. The molecule has 0 aliphatic carbocycles. The second-order valence-electron chi connectivity index (χ2n) is 3.08. The first-order chi connectivity index (χ1) is 7.69. The summed E-state index contributed by atoms with van der Waals surface area (Å²) in [4.78, 5) is 0. The first-order valence-corrected chi connectivity index (χ1v) is 6.11. The molecule has 0 unspecified atom stereocenters. The predicted octanol–water partition coefficient (Wildman–Crippen LogP) is 3.41. The molecule has 1 aromatic heterocycles. The number of aromatic nitrogens is 2. The van der Waals surface area contributed by atoms with Crippen molar-refractivity contribution in [3.8, 4) is 16.7 Å². The van der Waals surface area contributed by atoms with Crippen molar-refractivity contribution >= 4 is 27.3 Å². The first-order valence-electron chi connectivity index (χ1n) is 4.50. The zero-order valence-electron chi connectivity index (χ0n) is 8.73. The van der Waals surface area contributed by atoms with E-state index < -0.39 is 0 Å². The maximum absolute atomic E-state index is 5.57. The number of nitrogens with zero attached hydrogens (tertiary/aromatic N) is 2. The Balaban J connectivity index is 2.27. The van der Waals surface area contributed by atoms with E-state index in [2.05, 4.69) is 26.1 Å². The van der Waals surface area contributed by atoms with Gasteiger partial charge in [-0.1, -0.05) is 11.2 Å². The second kappa shape index (κ2) is 4.80. The van der Waals surface area contributed by atoms with Gasteiger partial charge in [-0.3, -0.25) is 0 Å². The van der Waals surface area contributed by atoms with Crippen LogP contribution < -0.4 is 9.47 Å². The van der Waals surface area contributed by atoms with Gasteiger partial charge in [0.05, 0.1) is 7.11 Å². The Labute approximate surface area is 105 Å². The third-order valence-electron chi connectivity index (χ3n) is 1.90. The van der Waals surface area contributed by atoms with Crippen LogP contribution >= 0.6 is 27.3 Å². The van der Waals surface area contributed by atoms with Crippen LogP contribution in [-0.4, -0.2) is 17.3 Å². The molecular weight excluding hydrogens is 292 g/mol. The normalized spacial score (nSPS) is 10.2. The molecule has 4 nitrogen and oxygen atoms in total. The number of hydrogen-bond acceptors (Lipinski definition) is 5. The molecule has 84 valence electrons. The lowest BCUT2D eigenvalue weighted by atomic mass is 10.2. The highest BCUT2D eigenvalue weighted by Crippen LogP contribution is 2.34. The number of halogens is 1. The van der Waals surface area contributed by atoms with Crippen molar-refractivity contribution in [1.29, 1.82) is 0 Å². The van der Waals surface area contributed by atoms with Crippen LogP contribution in [0.3, 0.4) is 0 Å². The van der Waals surface area contributed by atoms with Gasteiger partial charge in [-0.15, -0.1) is 5.10 Å². The highest BCUT2D eigenvalue weighted by Gasteiger charge is 2.09. The molecule has 2 rings (SSSR count). The van der Waals surface area contributed by atoms with E-state index in [0.29, 0.717) is 20.6 Å². The van der Waals surface area contributed by atoms with Gasteiger partial charge in [0.1, 0.15) is 0 Å². The van der Waals surface area contributed by atoms with E-state index in [4.69, 9.17) is 9.47 Å². The van der Waals surface area contributed by atoms with Crippen LogP contribution in [0, 0.1) is 6.92 Å². The molecule has 6 heteroatoms. The number of ether oxygens (including phenoxy) is 2. The quantitative estimate of drug-likeness (QED) is 0.871. The fourth-order valence-corrected chi connectivity index (χ4v) is 2.12. The third-order valence-corrected chi connectivity index (χ3v) is 3.13. The van der Waals surface area contributed by atoms with Gasteiger partial charge in [-0.25, -0.2) is 0 Å². The smallest absolute Gasteiger partial charge is 0.300 e. The Morgan fingerprint density at radius 3 is 2.69 bits per heavy atom. The van der Waals surface area contributed by atoms with E-state index in [1.54, 1.807) is 7.11 Å². The predicted molar refractivity (Wildman–Crippen MR) is 65.4 cm³/mol. The van der Waals surface area contributed by atoms with Crippen LogP contribution in [0.4, 0.5) is 0 Å². The van der Waals surface area contributed by atoms with Gasteiger partial charge < -0.3 is 9.47 Å². The Morgan fingerprint density at radius 2 is 2.06 bits per heavy atom. The standard InChI is InChI=1S/C10H9BrN2O2S/c1-6-3-4-7(8(5-6)14-2)15-10-13-12-9(11)16-10/h3-5H,1-2H3. The number of benzene rings is 1. The average Bonchev–Trinajstić information content (AvgIpc) is 2.67. The molecule has 0 saturated heterocycles. The van der Waals surface area contributed by atoms with E-state index in [0.717, 1.165) is 5.56 Å². The van der Waals surface area contributed by atoms with E-state index in [1.807, 2.05) is 25.1 Å². The van der Waals surface area contributed by atoms with E-state index in [9.17, 15) is 0 Å². The van der Waals surface area contributed by atoms with Gasteiger partial charge in [0, 0.05) is 0 Å². The maximum atomic E-state index is 5.57. The zero-order chi connectivity index (χ0) is 11.5. The van der Waals surface area contributed by atoms with Gasteiger partial charge in [-0.2, -0.15) is 0 Å². The van der Waals surface area contributed by atoms with Crippen molar-refractivity contribution in [3.63, 3.8) is 0 Å². The lowest BCUT2D eigenvalue weighted by molar-refractivity contribution is 0.377. The Kier molecular flexibility index (Phi) is 3.40. The summed E-state index contributed by atoms with van der Waals surface area (Å²) in [6.07, 6.45) is 0. The van der Waals surface area contributed by atoms with Crippen LogP contribution in [0.1, 0.15) is 5.56 Å². The fraction of sp³-hybridized carbons (Fsp3) is 0.200. The molecule has 0 aliphatic heterocycles. The lowest BCUT2D eigenvalue weighted by Gasteiger charge is -2.07. The van der Waals surface area contributed by atoms with E-state index in [1.165, 1.54) is 11.3 Å². The summed E-state index contributed by atoms with van der Waals surface area (Å²) in [5, 5.41) is 8.14. The van der Waals surface area contributed by atoms with Gasteiger partial charge in [0.25, 0.3) is 5.19 Å². The zero-order valence-corrected chi connectivity index (χ0v) is 11.1. The van der Waals surface area contributed by atoms with Crippen molar-refractivity contribution in [2.24, 2.45) is 0 Å². The lowest BCUT2D eigenvalue weighted by Crippen LogP contribution is -1.90. The summed E-state index contributed by atoms with van der Waals surface area (Å²) in [5.41, 5.74) is 1.11. The molecule has 0 atom stereocenters. The second-order valence-corrected chi connectivity index (χ2v) is 5.29. The van der Waals surface area contributed by atoms with Crippen molar-refractivity contribution in [2.75, 3.05) is 7.11 Å². The summed E-state index contributed by atoms with van der Waals surface area (Å²) in [6.45, 7) is 1.99. The fourth-order valence-electron chi connectivity index (χ4n) is 1.19. The van der Waals surface area contributed by atoms with Gasteiger partial charge in [-0.05, 0) is 51.9 Å². The maximum Gasteiger partial charge on any atom is 0.300 e. The molecule has 0 amide bonds. The average molecular weight is 301 g/mol. The minimum atomic E-state index is 0.481. The summed E-state index contributed by atoms with van der Waals surface area (Å²) in [6, 6.07) is 5.71. The van der Waals surface area contributed by atoms with Crippen LogP contribution in [0.5, 0.6) is 16.7 Å². The summed E-state index contributed by atoms with van der Waals surface area (Å²) < 4.78 is 11.5. The largest absolute Gasteiger partial charge is 0.493 e. The molecule has 0 spiro atoms. The Bertz CT molecular complexity index is 501. The van der Waals surface area contributed by atoms with Crippen molar-refractivity contribution in [3.05, 3.63) is 27.7 Å². The topological polar surface area (TPSA) is 44.2 Å². The van der Waals surface area contributed by atoms with Crippen LogP contribution in [0.2, 0.25) is 0 Å². The molecule has 0 N–H and O–H groups in total. The molecule has 2 aromatic rings. The highest BCUT2D eigenvalue weighted by atomic mass is 79.9. The molecule has 0 aliphatic rings. The molecule has 0 saturated carbocycles. The minimum absolute atomic E-state index is 0.481. The SMILES string of the molecule is COc1cc(C)ccc1Oc1nnc(Br)s1. The monoisotopic (exact) mass is 300 g/mol. The number of methoxy groups -OCH3 is 1. The van der Waals surface area contributed by atoms with Crippen molar-refractivity contribution < 1.29 is 9.47 Å². The van der Waals surface area contributed by atoms with Crippen LogP contribution in [-0.2, 0) is 0 Å². The van der Waals surface area contributed by atoms with E-state index in [-0.39, 0.29) is 0 Å². The molecule has 0 fully saturated rings. The molecule has 16 heavy (non-hydrogen) atoms. The van der Waals surface area contributed by atoms with Crippen LogP contribution in [0.15, 0.2) is 22.1 Å². The van der Waals surface area contributed by atoms with E-state index >= 15 is 0 Å². The molecular formula is C10H9BrN2O2S. The Hall–Kier alpha value is -1.14. The number of hydrogen-bond donors (Lipinski definition) is 0. The highest BCUT2D eigenvalue weighted by molar-refractivity contribution is 9.11. The van der Waals surface area contributed by atoms with Gasteiger partial charge >= 0.3 is 0 Å². The summed E-state index contributed by atoms with van der Waals surface area (Å²) in [7, 11) is 1.61. The van der Waals surface area contributed by atoms with Gasteiger partial charge in [0.2, 0.25) is 0 Å².